The molecule has 8 heteroatoms. The highest BCUT2D eigenvalue weighted by Gasteiger charge is 2.26. The van der Waals surface area contributed by atoms with Gasteiger partial charge in [0.15, 0.2) is 5.65 Å². The number of nitrogens with zero attached hydrogens (tertiary/aromatic N) is 2. The SMILES string of the molecule is CC=Cc1cc(NCCC(F)(F)F)c2ncc(-c3ccc(C(=O)NC4CC4)c(C)c3)n2c1. The van der Waals surface area contributed by atoms with Gasteiger partial charge in [0, 0.05) is 29.9 Å². The number of benzene rings is 1. The largest absolute Gasteiger partial charge is 0.390 e. The van der Waals surface area contributed by atoms with Crippen LogP contribution in [0.5, 0.6) is 0 Å². The van der Waals surface area contributed by atoms with E-state index in [9.17, 15) is 18.0 Å². The molecule has 0 radical (unpaired) electrons. The van der Waals surface area contributed by atoms with Crippen LogP contribution in [-0.2, 0) is 0 Å². The number of pyridine rings is 1. The Bertz CT molecular complexity index is 1180. The molecular weight excluding hydrogens is 417 g/mol. The van der Waals surface area contributed by atoms with E-state index in [4.69, 9.17) is 0 Å². The minimum Gasteiger partial charge on any atom is -0.382 e. The van der Waals surface area contributed by atoms with E-state index in [-0.39, 0.29) is 18.5 Å². The first kappa shape index (κ1) is 21.9. The van der Waals surface area contributed by atoms with Crippen LogP contribution in [0.1, 0.15) is 47.7 Å². The van der Waals surface area contributed by atoms with Gasteiger partial charge in [-0.2, -0.15) is 13.2 Å². The number of halogens is 3. The van der Waals surface area contributed by atoms with Crippen LogP contribution in [0.4, 0.5) is 18.9 Å². The van der Waals surface area contributed by atoms with Crippen molar-refractivity contribution in [3.63, 3.8) is 0 Å². The number of aryl methyl sites for hydroxylation is 1. The zero-order chi connectivity index (χ0) is 22.9. The highest BCUT2D eigenvalue weighted by atomic mass is 19.4. The van der Waals surface area contributed by atoms with E-state index in [0.29, 0.717) is 16.9 Å². The summed E-state index contributed by atoms with van der Waals surface area (Å²) in [5.41, 5.74) is 5.07. The Morgan fingerprint density at radius 2 is 2.06 bits per heavy atom. The van der Waals surface area contributed by atoms with Crippen LogP contribution >= 0.6 is 0 Å². The highest BCUT2D eigenvalue weighted by Crippen LogP contribution is 2.29. The number of aromatic nitrogens is 2. The molecule has 168 valence electrons. The molecule has 2 aromatic heterocycles. The van der Waals surface area contributed by atoms with Crippen LogP contribution in [0, 0.1) is 6.92 Å². The maximum Gasteiger partial charge on any atom is 0.390 e. The van der Waals surface area contributed by atoms with Crippen molar-refractivity contribution in [3.05, 3.63) is 59.4 Å². The molecule has 1 aliphatic rings. The van der Waals surface area contributed by atoms with Crippen LogP contribution in [0.3, 0.4) is 0 Å². The standard InChI is InChI=1S/C24H25F3N4O/c1-3-4-16-12-20(28-10-9-24(25,26)27)22-29-13-21(31(22)14-16)17-5-8-19(15(2)11-17)23(32)30-18-6-7-18/h3-5,8,11-14,18,28H,6-7,9-10H2,1-2H3,(H,30,32). The lowest BCUT2D eigenvalue weighted by Crippen LogP contribution is -2.26. The van der Waals surface area contributed by atoms with Gasteiger partial charge in [-0.25, -0.2) is 4.98 Å². The molecule has 4 rings (SSSR count). The molecule has 5 nitrogen and oxygen atoms in total. The molecule has 1 amide bonds. The fraction of sp³-hybridized carbons (Fsp3) is 0.333. The number of amides is 1. The van der Waals surface area contributed by atoms with Crippen LogP contribution in [-0.4, -0.2) is 34.1 Å². The van der Waals surface area contributed by atoms with Crippen molar-refractivity contribution < 1.29 is 18.0 Å². The number of rotatable bonds is 7. The average molecular weight is 442 g/mol. The number of nitrogens with one attached hydrogen (secondary N) is 2. The zero-order valence-electron chi connectivity index (χ0n) is 18.0. The number of carbonyl (C=O) groups excluding carboxylic acids is 1. The minimum atomic E-state index is -4.23. The molecule has 0 unspecified atom stereocenters. The van der Waals surface area contributed by atoms with Crippen molar-refractivity contribution in [2.24, 2.45) is 0 Å². The zero-order valence-corrected chi connectivity index (χ0v) is 18.0. The van der Waals surface area contributed by atoms with E-state index in [2.05, 4.69) is 15.6 Å². The molecule has 1 aliphatic carbocycles. The fourth-order valence-electron chi connectivity index (χ4n) is 3.64. The average Bonchev–Trinajstić information content (AvgIpc) is 3.42. The summed E-state index contributed by atoms with van der Waals surface area (Å²) in [7, 11) is 0. The lowest BCUT2D eigenvalue weighted by Gasteiger charge is -2.13. The number of carbonyl (C=O) groups is 1. The lowest BCUT2D eigenvalue weighted by molar-refractivity contribution is -0.131. The third-order valence-corrected chi connectivity index (χ3v) is 5.39. The molecule has 3 aromatic rings. The number of hydrogen-bond acceptors (Lipinski definition) is 3. The van der Waals surface area contributed by atoms with Crippen LogP contribution in [0.15, 0.2) is 42.7 Å². The Kier molecular flexibility index (Phi) is 5.95. The fourth-order valence-corrected chi connectivity index (χ4v) is 3.64. The Labute approximate surface area is 184 Å². The number of imidazole rings is 1. The van der Waals surface area contributed by atoms with Gasteiger partial charge in [-0.05, 0) is 56.0 Å². The Morgan fingerprint density at radius 3 is 2.72 bits per heavy atom. The summed E-state index contributed by atoms with van der Waals surface area (Å²) in [4.78, 5) is 16.9. The second-order valence-corrected chi connectivity index (χ2v) is 8.09. The maximum absolute atomic E-state index is 12.6. The van der Waals surface area contributed by atoms with Gasteiger partial charge in [-0.1, -0.05) is 18.2 Å². The number of fused-ring (bicyclic) bond motifs is 1. The van der Waals surface area contributed by atoms with E-state index in [1.807, 2.05) is 48.7 Å². The van der Waals surface area contributed by atoms with E-state index in [0.717, 1.165) is 35.2 Å². The summed E-state index contributed by atoms with van der Waals surface area (Å²) < 4.78 is 39.7. The minimum absolute atomic E-state index is 0.0683. The Morgan fingerprint density at radius 1 is 1.28 bits per heavy atom. The first-order valence-corrected chi connectivity index (χ1v) is 10.6. The summed E-state index contributed by atoms with van der Waals surface area (Å²) in [6.45, 7) is 3.54. The number of alkyl halides is 3. The van der Waals surface area contributed by atoms with Gasteiger partial charge in [0.05, 0.1) is 24.0 Å². The monoisotopic (exact) mass is 442 g/mol. The van der Waals surface area contributed by atoms with Gasteiger partial charge in [-0.3, -0.25) is 9.20 Å². The first-order valence-electron chi connectivity index (χ1n) is 10.6. The summed E-state index contributed by atoms with van der Waals surface area (Å²) in [6, 6.07) is 7.69. The van der Waals surface area contributed by atoms with E-state index in [1.54, 1.807) is 18.3 Å². The molecule has 1 aromatic carbocycles. The second kappa shape index (κ2) is 8.68. The summed E-state index contributed by atoms with van der Waals surface area (Å²) in [6.07, 6.45) is 4.25. The predicted octanol–water partition coefficient (Wildman–Crippen LogP) is 5.60. The van der Waals surface area contributed by atoms with Crippen molar-refractivity contribution in [2.45, 2.75) is 45.3 Å². The molecule has 2 N–H and O–H groups in total. The van der Waals surface area contributed by atoms with Crippen molar-refractivity contribution in [3.8, 4) is 11.3 Å². The Hall–Kier alpha value is -3.29. The molecule has 1 saturated carbocycles. The topological polar surface area (TPSA) is 58.4 Å². The third-order valence-electron chi connectivity index (χ3n) is 5.39. The van der Waals surface area contributed by atoms with E-state index in [1.165, 1.54) is 0 Å². The summed E-state index contributed by atoms with van der Waals surface area (Å²) in [5, 5.41) is 5.88. The molecular formula is C24H25F3N4O. The van der Waals surface area contributed by atoms with Crippen molar-refractivity contribution in [2.75, 3.05) is 11.9 Å². The molecule has 0 bridgehead atoms. The third kappa shape index (κ3) is 4.95. The van der Waals surface area contributed by atoms with Crippen LogP contribution in [0.25, 0.3) is 23.0 Å². The van der Waals surface area contributed by atoms with Gasteiger partial charge < -0.3 is 10.6 Å². The second-order valence-electron chi connectivity index (χ2n) is 8.09. The normalized spacial score (nSPS) is 14.3. The summed E-state index contributed by atoms with van der Waals surface area (Å²) in [5.74, 6) is -0.0683. The van der Waals surface area contributed by atoms with E-state index >= 15 is 0 Å². The van der Waals surface area contributed by atoms with Gasteiger partial charge >= 0.3 is 6.18 Å². The Balaban J connectivity index is 1.68. The van der Waals surface area contributed by atoms with Gasteiger partial charge in [0.2, 0.25) is 0 Å². The summed E-state index contributed by atoms with van der Waals surface area (Å²) >= 11 is 0. The van der Waals surface area contributed by atoms with Gasteiger partial charge in [-0.15, -0.1) is 0 Å². The van der Waals surface area contributed by atoms with E-state index < -0.39 is 12.6 Å². The quantitative estimate of drug-likeness (QED) is 0.501. The molecule has 1 fully saturated rings. The lowest BCUT2D eigenvalue weighted by atomic mass is 10.0. The van der Waals surface area contributed by atoms with Gasteiger partial charge in [0.25, 0.3) is 5.91 Å². The smallest absolute Gasteiger partial charge is 0.382 e. The molecule has 2 heterocycles. The van der Waals surface area contributed by atoms with Gasteiger partial charge in [0.1, 0.15) is 0 Å². The molecule has 0 spiro atoms. The molecule has 0 saturated heterocycles. The van der Waals surface area contributed by atoms with Crippen molar-refractivity contribution in [1.82, 2.24) is 14.7 Å². The van der Waals surface area contributed by atoms with Crippen molar-refractivity contribution >= 4 is 23.3 Å². The molecule has 32 heavy (non-hydrogen) atoms. The predicted molar refractivity (Wildman–Crippen MR) is 120 cm³/mol. The molecule has 0 aliphatic heterocycles. The van der Waals surface area contributed by atoms with Crippen LogP contribution in [0.2, 0.25) is 0 Å². The first-order chi connectivity index (χ1) is 15.2. The van der Waals surface area contributed by atoms with Crippen LogP contribution < -0.4 is 10.6 Å². The number of allylic oxidation sites excluding steroid dienone is 1. The number of anilines is 1. The highest BCUT2D eigenvalue weighted by molar-refractivity contribution is 5.96. The van der Waals surface area contributed by atoms with Crippen molar-refractivity contribution in [1.29, 1.82) is 0 Å². The number of hydrogen-bond donors (Lipinski definition) is 2. The molecule has 0 atom stereocenters. The maximum atomic E-state index is 12.6.